The molecule has 1 aliphatic carbocycles. The summed E-state index contributed by atoms with van der Waals surface area (Å²) in [7, 11) is 0. The first kappa shape index (κ1) is 17.7. The van der Waals surface area contributed by atoms with Crippen molar-refractivity contribution < 1.29 is 9.53 Å². The molecule has 0 bridgehead atoms. The predicted molar refractivity (Wildman–Crippen MR) is 99.3 cm³/mol. The molecule has 2 saturated heterocycles. The minimum atomic E-state index is -0.0879. The Balaban J connectivity index is 1.30. The molecular formula is C19H29N5O2. The molecule has 3 heterocycles. The van der Waals surface area contributed by atoms with Crippen LogP contribution in [0.1, 0.15) is 55.3 Å². The smallest absolute Gasteiger partial charge is 0.254 e. The molecule has 0 radical (unpaired) electrons. The van der Waals surface area contributed by atoms with Crippen molar-refractivity contribution in [3.63, 3.8) is 0 Å². The van der Waals surface area contributed by atoms with E-state index in [0.717, 1.165) is 51.9 Å². The van der Waals surface area contributed by atoms with Crippen LogP contribution in [0.15, 0.2) is 12.4 Å². The molecule has 3 aliphatic rings. The minimum absolute atomic E-state index is 0.0879. The molecule has 3 fully saturated rings. The van der Waals surface area contributed by atoms with Gasteiger partial charge in [-0.15, -0.1) is 0 Å². The van der Waals surface area contributed by atoms with Gasteiger partial charge in [0.05, 0.1) is 17.8 Å². The van der Waals surface area contributed by atoms with Crippen LogP contribution in [0, 0.1) is 0 Å². The standard InChI is InChI=1S/C19H29N5O2/c25-18(23-15-6-8-20-13-15)14-11-21-19(22-12-14)24-9-2-5-17(7-10-24)26-16-3-1-4-16/h11-12,15-17,20H,1-10,13H2,(H,23,25). The van der Waals surface area contributed by atoms with Gasteiger partial charge in [0, 0.05) is 38.1 Å². The normalized spacial score (nSPS) is 27.0. The molecule has 1 saturated carbocycles. The van der Waals surface area contributed by atoms with E-state index in [2.05, 4.69) is 25.5 Å². The van der Waals surface area contributed by atoms with Gasteiger partial charge in [-0.05, 0) is 51.5 Å². The number of carbonyl (C=O) groups excluding carboxylic acids is 1. The van der Waals surface area contributed by atoms with E-state index < -0.39 is 0 Å². The second-order valence-electron chi connectivity index (χ2n) is 7.66. The average Bonchev–Trinajstić information content (AvgIpc) is 3.02. The van der Waals surface area contributed by atoms with E-state index in [4.69, 9.17) is 4.74 Å². The number of hydrogen-bond donors (Lipinski definition) is 2. The van der Waals surface area contributed by atoms with Crippen LogP contribution in [0.4, 0.5) is 5.95 Å². The lowest BCUT2D eigenvalue weighted by Crippen LogP contribution is -2.36. The van der Waals surface area contributed by atoms with Gasteiger partial charge < -0.3 is 20.3 Å². The average molecular weight is 359 g/mol. The summed E-state index contributed by atoms with van der Waals surface area (Å²) in [5.41, 5.74) is 0.529. The Morgan fingerprint density at radius 2 is 1.85 bits per heavy atom. The van der Waals surface area contributed by atoms with Crippen molar-refractivity contribution in [2.75, 3.05) is 31.1 Å². The van der Waals surface area contributed by atoms with E-state index in [9.17, 15) is 4.79 Å². The predicted octanol–water partition coefficient (Wildman–Crippen LogP) is 1.50. The molecule has 7 nitrogen and oxygen atoms in total. The molecule has 2 N–H and O–H groups in total. The maximum absolute atomic E-state index is 12.3. The Morgan fingerprint density at radius 3 is 2.54 bits per heavy atom. The lowest BCUT2D eigenvalue weighted by atomic mass is 9.95. The first-order valence-electron chi connectivity index (χ1n) is 10.0. The lowest BCUT2D eigenvalue weighted by Gasteiger charge is -2.30. The van der Waals surface area contributed by atoms with Crippen LogP contribution < -0.4 is 15.5 Å². The van der Waals surface area contributed by atoms with E-state index in [1.807, 2.05) is 0 Å². The first-order chi connectivity index (χ1) is 12.8. The summed E-state index contributed by atoms with van der Waals surface area (Å²) >= 11 is 0. The van der Waals surface area contributed by atoms with Crippen LogP contribution in [0.5, 0.6) is 0 Å². The van der Waals surface area contributed by atoms with Crippen LogP contribution >= 0.6 is 0 Å². The second kappa shape index (κ2) is 8.31. The number of hydrogen-bond acceptors (Lipinski definition) is 6. The van der Waals surface area contributed by atoms with Crippen LogP contribution in [-0.4, -0.2) is 60.3 Å². The van der Waals surface area contributed by atoms with Crippen molar-refractivity contribution >= 4 is 11.9 Å². The van der Waals surface area contributed by atoms with Gasteiger partial charge >= 0.3 is 0 Å². The number of carbonyl (C=O) groups is 1. The second-order valence-corrected chi connectivity index (χ2v) is 7.66. The van der Waals surface area contributed by atoms with Gasteiger partial charge in [-0.2, -0.15) is 0 Å². The van der Waals surface area contributed by atoms with Gasteiger partial charge in [0.1, 0.15) is 0 Å². The number of rotatable bonds is 5. The summed E-state index contributed by atoms with van der Waals surface area (Å²) in [6.07, 6.45) is 12.1. The number of nitrogens with zero attached hydrogens (tertiary/aromatic N) is 3. The van der Waals surface area contributed by atoms with Crippen molar-refractivity contribution in [3.05, 3.63) is 18.0 Å². The molecule has 142 valence electrons. The van der Waals surface area contributed by atoms with E-state index in [-0.39, 0.29) is 11.9 Å². The highest BCUT2D eigenvalue weighted by molar-refractivity contribution is 5.93. The molecule has 26 heavy (non-hydrogen) atoms. The van der Waals surface area contributed by atoms with Crippen LogP contribution in [0.25, 0.3) is 0 Å². The molecule has 2 unspecified atom stereocenters. The Hall–Kier alpha value is -1.73. The number of anilines is 1. The minimum Gasteiger partial charge on any atom is -0.375 e. The van der Waals surface area contributed by atoms with Gasteiger partial charge in [0.15, 0.2) is 0 Å². The lowest BCUT2D eigenvalue weighted by molar-refractivity contribution is -0.0549. The number of aromatic nitrogens is 2. The Morgan fingerprint density at radius 1 is 1.08 bits per heavy atom. The third-order valence-electron chi connectivity index (χ3n) is 5.69. The largest absolute Gasteiger partial charge is 0.375 e. The number of amides is 1. The quantitative estimate of drug-likeness (QED) is 0.829. The van der Waals surface area contributed by atoms with Crippen LogP contribution in [-0.2, 0) is 4.74 Å². The fourth-order valence-electron chi connectivity index (χ4n) is 3.83. The third kappa shape index (κ3) is 4.32. The Bertz CT molecular complexity index is 598. The number of ether oxygens (including phenoxy) is 1. The van der Waals surface area contributed by atoms with Gasteiger partial charge in [0.2, 0.25) is 5.95 Å². The molecule has 7 heteroatoms. The van der Waals surface area contributed by atoms with Crippen LogP contribution in [0.3, 0.4) is 0 Å². The molecule has 4 rings (SSSR count). The zero-order valence-electron chi connectivity index (χ0n) is 15.3. The summed E-state index contributed by atoms with van der Waals surface area (Å²) in [4.78, 5) is 23.4. The SMILES string of the molecule is O=C(NC1CCNC1)c1cnc(N2CCCC(OC3CCC3)CC2)nc1. The zero-order chi connectivity index (χ0) is 17.8. The molecule has 1 aromatic rings. The van der Waals surface area contributed by atoms with Crippen molar-refractivity contribution in [2.45, 2.75) is 63.2 Å². The number of nitrogens with one attached hydrogen (secondary N) is 2. The van der Waals surface area contributed by atoms with Crippen LogP contribution in [0.2, 0.25) is 0 Å². The van der Waals surface area contributed by atoms with Gasteiger partial charge in [-0.3, -0.25) is 4.79 Å². The maximum atomic E-state index is 12.3. The summed E-state index contributed by atoms with van der Waals surface area (Å²) in [6, 6.07) is 0.209. The van der Waals surface area contributed by atoms with Gasteiger partial charge in [-0.25, -0.2) is 9.97 Å². The molecule has 1 aromatic heterocycles. The van der Waals surface area contributed by atoms with Crippen molar-refractivity contribution in [1.29, 1.82) is 0 Å². The Kier molecular flexibility index (Phi) is 5.65. The first-order valence-corrected chi connectivity index (χ1v) is 10.0. The summed E-state index contributed by atoms with van der Waals surface area (Å²) in [5.74, 6) is 0.628. The highest BCUT2D eigenvalue weighted by Crippen LogP contribution is 2.27. The summed E-state index contributed by atoms with van der Waals surface area (Å²) < 4.78 is 6.18. The van der Waals surface area contributed by atoms with E-state index >= 15 is 0 Å². The summed E-state index contributed by atoms with van der Waals surface area (Å²) in [6.45, 7) is 3.66. The van der Waals surface area contributed by atoms with Crippen molar-refractivity contribution in [1.82, 2.24) is 20.6 Å². The van der Waals surface area contributed by atoms with E-state index in [0.29, 0.717) is 23.7 Å². The Labute approximate surface area is 154 Å². The van der Waals surface area contributed by atoms with Crippen molar-refractivity contribution in [3.8, 4) is 0 Å². The maximum Gasteiger partial charge on any atom is 0.254 e. The molecule has 0 aromatic carbocycles. The molecule has 2 atom stereocenters. The molecular weight excluding hydrogens is 330 g/mol. The van der Waals surface area contributed by atoms with Gasteiger partial charge in [0.25, 0.3) is 5.91 Å². The third-order valence-corrected chi connectivity index (χ3v) is 5.69. The highest BCUT2D eigenvalue weighted by Gasteiger charge is 2.25. The molecule has 1 amide bonds. The zero-order valence-corrected chi connectivity index (χ0v) is 15.3. The molecule has 0 spiro atoms. The van der Waals surface area contributed by atoms with E-state index in [1.165, 1.54) is 19.3 Å². The van der Waals surface area contributed by atoms with Crippen molar-refractivity contribution in [2.24, 2.45) is 0 Å². The summed E-state index contributed by atoms with van der Waals surface area (Å²) in [5, 5.41) is 6.27. The monoisotopic (exact) mass is 359 g/mol. The van der Waals surface area contributed by atoms with Gasteiger partial charge in [-0.1, -0.05) is 0 Å². The fourth-order valence-corrected chi connectivity index (χ4v) is 3.83. The highest BCUT2D eigenvalue weighted by atomic mass is 16.5. The van der Waals surface area contributed by atoms with E-state index in [1.54, 1.807) is 12.4 Å². The topological polar surface area (TPSA) is 79.4 Å². The fraction of sp³-hybridized carbons (Fsp3) is 0.737. The molecule has 2 aliphatic heterocycles.